The summed E-state index contributed by atoms with van der Waals surface area (Å²) < 4.78 is 6.06. The molecule has 0 atom stereocenters. The van der Waals surface area contributed by atoms with Crippen LogP contribution in [-0.2, 0) is 6.42 Å². The van der Waals surface area contributed by atoms with Crippen molar-refractivity contribution in [3.8, 4) is 16.9 Å². The fourth-order valence-electron chi connectivity index (χ4n) is 3.39. The minimum absolute atomic E-state index is 0.0942. The van der Waals surface area contributed by atoms with Crippen molar-refractivity contribution in [2.75, 3.05) is 6.61 Å². The number of ether oxygens (including phenoxy) is 1. The lowest BCUT2D eigenvalue weighted by molar-refractivity contribution is 0.322. The molecule has 0 heterocycles. The Morgan fingerprint density at radius 1 is 0.967 bits per heavy atom. The molecular weight excluding hydrogens is 368 g/mol. The van der Waals surface area contributed by atoms with Crippen LogP contribution in [0.3, 0.4) is 0 Å². The van der Waals surface area contributed by atoms with E-state index >= 15 is 0 Å². The first-order chi connectivity index (χ1) is 14.4. The molecule has 0 saturated carbocycles. The van der Waals surface area contributed by atoms with Crippen molar-refractivity contribution in [2.24, 2.45) is 5.73 Å². The van der Waals surface area contributed by atoms with Crippen LogP contribution in [0.4, 0.5) is 0 Å². The molecule has 0 unspecified atom stereocenters. The predicted octanol–water partition coefficient (Wildman–Crippen LogP) is 6.72. The van der Waals surface area contributed by atoms with Gasteiger partial charge in [-0.3, -0.25) is 5.41 Å². The van der Waals surface area contributed by atoms with Crippen molar-refractivity contribution in [3.63, 3.8) is 0 Å². The molecule has 0 aromatic heterocycles. The van der Waals surface area contributed by atoms with E-state index in [1.165, 1.54) is 27.8 Å². The number of hydrogen-bond acceptors (Lipinski definition) is 2. The van der Waals surface area contributed by atoms with Gasteiger partial charge in [-0.1, -0.05) is 82.3 Å². The molecule has 158 valence electrons. The molecule has 3 rings (SSSR count). The van der Waals surface area contributed by atoms with Crippen LogP contribution in [0.25, 0.3) is 11.1 Å². The number of hydrogen-bond donors (Lipinski definition) is 2. The maximum atomic E-state index is 7.46. The Morgan fingerprint density at radius 3 is 2.27 bits per heavy atom. The minimum Gasteiger partial charge on any atom is -0.493 e. The van der Waals surface area contributed by atoms with Gasteiger partial charge in [-0.15, -0.1) is 0 Å². The van der Waals surface area contributed by atoms with Gasteiger partial charge in [0.25, 0.3) is 0 Å². The van der Waals surface area contributed by atoms with Crippen LogP contribution in [-0.4, -0.2) is 12.4 Å². The molecule has 3 nitrogen and oxygen atoms in total. The Morgan fingerprint density at radius 2 is 1.63 bits per heavy atom. The molecule has 0 amide bonds. The average Bonchev–Trinajstić information content (AvgIpc) is 2.75. The molecular formula is C27H34N2O. The number of nitrogens with two attached hydrogens (primary N) is 1. The SMILES string of the molecule is CC.Cc1cc(OCCc2ccc(C(=N)N)cc2)cc(-c2ccccc2C(C)C)c1. The predicted molar refractivity (Wildman–Crippen MR) is 129 cm³/mol. The van der Waals surface area contributed by atoms with Crippen LogP contribution < -0.4 is 10.5 Å². The van der Waals surface area contributed by atoms with E-state index in [1.807, 2.05) is 38.1 Å². The van der Waals surface area contributed by atoms with Crippen LogP contribution in [0.2, 0.25) is 0 Å². The summed E-state index contributed by atoms with van der Waals surface area (Å²) in [5.74, 6) is 1.46. The molecule has 3 aromatic carbocycles. The lowest BCUT2D eigenvalue weighted by atomic mass is 9.92. The third-order valence-electron chi connectivity index (χ3n) is 4.87. The molecule has 0 saturated heterocycles. The maximum absolute atomic E-state index is 7.46. The number of aryl methyl sites for hydroxylation is 1. The maximum Gasteiger partial charge on any atom is 0.122 e. The number of rotatable bonds is 7. The molecule has 0 aliphatic heterocycles. The Hall–Kier alpha value is -3.07. The van der Waals surface area contributed by atoms with Crippen LogP contribution in [0.15, 0.2) is 66.7 Å². The first kappa shape index (κ1) is 23.2. The molecule has 3 N–H and O–H groups in total. The normalized spacial score (nSPS) is 10.3. The summed E-state index contributed by atoms with van der Waals surface area (Å²) in [6, 6.07) is 22.8. The van der Waals surface area contributed by atoms with E-state index in [0.717, 1.165) is 17.7 Å². The van der Waals surface area contributed by atoms with Gasteiger partial charge >= 0.3 is 0 Å². The largest absolute Gasteiger partial charge is 0.493 e. The summed E-state index contributed by atoms with van der Waals surface area (Å²) in [6.45, 7) is 11.2. The Bertz CT molecular complexity index is 959. The van der Waals surface area contributed by atoms with Gasteiger partial charge in [-0.25, -0.2) is 0 Å². The zero-order valence-electron chi connectivity index (χ0n) is 18.8. The highest BCUT2D eigenvalue weighted by Crippen LogP contribution is 2.32. The lowest BCUT2D eigenvalue weighted by Gasteiger charge is -2.15. The third-order valence-corrected chi connectivity index (χ3v) is 4.87. The molecule has 30 heavy (non-hydrogen) atoms. The smallest absolute Gasteiger partial charge is 0.122 e. The van der Waals surface area contributed by atoms with Crippen LogP contribution >= 0.6 is 0 Å². The number of nitrogen functional groups attached to an aromatic ring is 1. The van der Waals surface area contributed by atoms with E-state index in [2.05, 4.69) is 63.2 Å². The van der Waals surface area contributed by atoms with E-state index < -0.39 is 0 Å². The highest BCUT2D eigenvalue weighted by Gasteiger charge is 2.10. The van der Waals surface area contributed by atoms with Gasteiger partial charge in [0.1, 0.15) is 11.6 Å². The molecule has 0 bridgehead atoms. The van der Waals surface area contributed by atoms with Crippen molar-refractivity contribution in [1.82, 2.24) is 0 Å². The Labute approximate surface area is 181 Å². The van der Waals surface area contributed by atoms with E-state index in [9.17, 15) is 0 Å². The van der Waals surface area contributed by atoms with Gasteiger partial charge in [-0.05, 0) is 52.8 Å². The van der Waals surface area contributed by atoms with Crippen LogP contribution in [0.5, 0.6) is 5.75 Å². The topological polar surface area (TPSA) is 59.1 Å². The summed E-state index contributed by atoms with van der Waals surface area (Å²) in [5.41, 5.74) is 12.4. The quantitative estimate of drug-likeness (QED) is 0.340. The number of nitrogens with one attached hydrogen (secondary N) is 1. The minimum atomic E-state index is 0.0942. The molecule has 0 radical (unpaired) electrons. The molecule has 0 fully saturated rings. The van der Waals surface area contributed by atoms with Crippen molar-refractivity contribution in [3.05, 3.63) is 89.0 Å². The van der Waals surface area contributed by atoms with E-state index in [-0.39, 0.29) is 5.84 Å². The first-order valence-corrected chi connectivity index (χ1v) is 10.7. The second-order valence-corrected chi connectivity index (χ2v) is 7.49. The lowest BCUT2D eigenvalue weighted by Crippen LogP contribution is -2.10. The van der Waals surface area contributed by atoms with E-state index in [0.29, 0.717) is 12.5 Å². The van der Waals surface area contributed by atoms with Gasteiger partial charge in [0.15, 0.2) is 0 Å². The van der Waals surface area contributed by atoms with Crippen molar-refractivity contribution < 1.29 is 4.74 Å². The first-order valence-electron chi connectivity index (χ1n) is 10.7. The highest BCUT2D eigenvalue weighted by atomic mass is 16.5. The fourth-order valence-corrected chi connectivity index (χ4v) is 3.39. The molecule has 0 spiro atoms. The fraction of sp³-hybridized carbons (Fsp3) is 0.296. The van der Waals surface area contributed by atoms with E-state index in [1.54, 1.807) is 0 Å². The molecule has 0 aliphatic carbocycles. The molecule has 0 aliphatic rings. The van der Waals surface area contributed by atoms with E-state index in [4.69, 9.17) is 15.9 Å². The van der Waals surface area contributed by atoms with Crippen LogP contribution in [0, 0.1) is 12.3 Å². The van der Waals surface area contributed by atoms with Crippen molar-refractivity contribution >= 4 is 5.84 Å². The van der Waals surface area contributed by atoms with Crippen molar-refractivity contribution in [2.45, 2.75) is 47.0 Å². The standard InChI is InChI=1S/C25H28N2O.C2H6/c1-17(2)23-6-4-5-7-24(23)21-14-18(3)15-22(16-21)28-13-12-19-8-10-20(11-9-19)25(26)27;1-2/h4-11,14-17H,12-13H2,1-3H3,(H3,26,27);1-2H3. The third kappa shape index (κ3) is 6.21. The monoisotopic (exact) mass is 402 g/mol. The number of amidine groups is 1. The van der Waals surface area contributed by atoms with Gasteiger partial charge in [0.2, 0.25) is 0 Å². The van der Waals surface area contributed by atoms with Crippen molar-refractivity contribution in [1.29, 1.82) is 5.41 Å². The van der Waals surface area contributed by atoms with Gasteiger partial charge in [0, 0.05) is 12.0 Å². The Kier molecular flexibility index (Phi) is 8.67. The summed E-state index contributed by atoms with van der Waals surface area (Å²) in [5, 5.41) is 7.46. The second-order valence-electron chi connectivity index (χ2n) is 7.49. The zero-order chi connectivity index (χ0) is 22.1. The summed E-state index contributed by atoms with van der Waals surface area (Å²) >= 11 is 0. The van der Waals surface area contributed by atoms with Gasteiger partial charge in [-0.2, -0.15) is 0 Å². The summed E-state index contributed by atoms with van der Waals surface area (Å²) in [4.78, 5) is 0. The summed E-state index contributed by atoms with van der Waals surface area (Å²) in [6.07, 6.45) is 0.810. The Balaban J connectivity index is 0.00000155. The second kappa shape index (κ2) is 11.2. The highest BCUT2D eigenvalue weighted by molar-refractivity contribution is 5.94. The van der Waals surface area contributed by atoms with Gasteiger partial charge in [0.05, 0.1) is 6.61 Å². The van der Waals surface area contributed by atoms with Gasteiger partial charge < -0.3 is 10.5 Å². The zero-order valence-corrected chi connectivity index (χ0v) is 18.8. The average molecular weight is 403 g/mol. The van der Waals surface area contributed by atoms with Crippen LogP contribution in [0.1, 0.15) is 55.9 Å². The number of benzene rings is 3. The molecule has 3 heteroatoms. The molecule has 3 aromatic rings. The summed E-state index contributed by atoms with van der Waals surface area (Å²) in [7, 11) is 0.